The molecule has 2 aromatic rings. The molecule has 4 rings (SSSR count). The number of carbonyl (C=O) groups is 2. The van der Waals surface area contributed by atoms with Gasteiger partial charge in [-0.15, -0.1) is 0 Å². The van der Waals surface area contributed by atoms with Crippen LogP contribution in [0.25, 0.3) is 0 Å². The molecule has 8 nitrogen and oxygen atoms in total. The van der Waals surface area contributed by atoms with Gasteiger partial charge in [-0.3, -0.25) is 15.0 Å². The number of methoxy groups -OCH3 is 2. The fourth-order valence-electron chi connectivity index (χ4n) is 4.07. The Morgan fingerprint density at radius 1 is 1.13 bits per heavy atom. The van der Waals surface area contributed by atoms with Crippen LogP contribution in [0.2, 0.25) is 0 Å². The van der Waals surface area contributed by atoms with Gasteiger partial charge in [-0.25, -0.2) is 10.0 Å². The second-order valence-corrected chi connectivity index (χ2v) is 7.54. The number of rotatable bonds is 5. The first-order chi connectivity index (χ1) is 15.0. The molecular formula is C23H26N4O4. The molecule has 2 amide bonds. The molecule has 162 valence electrons. The Morgan fingerprint density at radius 3 is 2.61 bits per heavy atom. The van der Waals surface area contributed by atoms with Crippen molar-refractivity contribution in [1.82, 2.24) is 10.3 Å². The maximum atomic E-state index is 13.5. The molecule has 2 aliphatic rings. The van der Waals surface area contributed by atoms with Crippen LogP contribution in [0.5, 0.6) is 11.5 Å². The van der Waals surface area contributed by atoms with Gasteiger partial charge in [0.2, 0.25) is 5.84 Å². The Kier molecular flexibility index (Phi) is 5.79. The fraction of sp³-hybridized carbons (Fsp3) is 0.348. The molecular weight excluding hydrogens is 396 g/mol. The highest BCUT2D eigenvalue weighted by atomic mass is 16.5. The number of nitrogens with one attached hydrogen (secondary N) is 1. The summed E-state index contributed by atoms with van der Waals surface area (Å²) in [7, 11) is 3.23. The molecule has 0 unspecified atom stereocenters. The number of hydrogen-bond donors (Lipinski definition) is 1. The molecule has 0 aliphatic carbocycles. The van der Waals surface area contributed by atoms with Gasteiger partial charge in [0, 0.05) is 12.1 Å². The lowest BCUT2D eigenvalue weighted by Gasteiger charge is -2.33. The van der Waals surface area contributed by atoms with Crippen molar-refractivity contribution in [3.05, 3.63) is 54.1 Å². The summed E-state index contributed by atoms with van der Waals surface area (Å²) in [6.07, 6.45) is 1.67. The smallest absolute Gasteiger partial charge is 0.291 e. The van der Waals surface area contributed by atoms with Crippen LogP contribution in [-0.4, -0.2) is 49.4 Å². The third kappa shape index (κ3) is 3.93. The largest absolute Gasteiger partial charge is 0.497 e. The molecule has 2 aromatic carbocycles. The van der Waals surface area contributed by atoms with Gasteiger partial charge in [0.25, 0.3) is 11.8 Å². The minimum Gasteiger partial charge on any atom is -0.497 e. The molecule has 1 fully saturated rings. The second kappa shape index (κ2) is 8.67. The monoisotopic (exact) mass is 422 g/mol. The highest BCUT2D eigenvalue weighted by Gasteiger charge is 2.38. The number of ether oxygens (including phenoxy) is 2. The Balaban J connectivity index is 1.63. The van der Waals surface area contributed by atoms with Crippen molar-refractivity contribution in [1.29, 1.82) is 0 Å². The molecule has 0 bridgehead atoms. The van der Waals surface area contributed by atoms with Crippen molar-refractivity contribution in [3.8, 4) is 11.5 Å². The van der Waals surface area contributed by atoms with Crippen molar-refractivity contribution in [3.63, 3.8) is 0 Å². The number of amides is 2. The predicted octanol–water partition coefficient (Wildman–Crippen LogP) is 2.71. The van der Waals surface area contributed by atoms with Crippen molar-refractivity contribution >= 4 is 23.3 Å². The first-order valence-corrected chi connectivity index (χ1v) is 10.3. The number of carbonyl (C=O) groups excluding carboxylic acids is 2. The molecule has 0 spiro atoms. The standard InChI is InChI=1S/C23H26N4O4/c1-15-22(28)27(16-8-5-4-6-9-16)25-21(24-15)23(29)26-13-7-10-19(26)18-14-17(30-2)11-12-20(18)31-3/h4-6,8-9,11-12,14-15,19H,7,10,13H2,1-3H3,(H,24,25)/t15-,19+/m0/s1. The van der Waals surface area contributed by atoms with Crippen molar-refractivity contribution in [2.45, 2.75) is 31.8 Å². The predicted molar refractivity (Wildman–Crippen MR) is 117 cm³/mol. The summed E-state index contributed by atoms with van der Waals surface area (Å²) in [5.74, 6) is 1.11. The van der Waals surface area contributed by atoms with Gasteiger partial charge in [-0.05, 0) is 50.1 Å². The number of likely N-dealkylation sites (tertiary alicyclic amines) is 1. The number of para-hydroxylation sites is 1. The zero-order chi connectivity index (χ0) is 22.0. The van der Waals surface area contributed by atoms with Gasteiger partial charge < -0.3 is 14.4 Å². The van der Waals surface area contributed by atoms with E-state index in [0.29, 0.717) is 23.7 Å². The maximum Gasteiger partial charge on any atom is 0.291 e. The van der Waals surface area contributed by atoms with Crippen molar-refractivity contribution in [2.24, 2.45) is 4.99 Å². The van der Waals surface area contributed by atoms with Crippen LogP contribution in [0.4, 0.5) is 5.69 Å². The first-order valence-electron chi connectivity index (χ1n) is 10.3. The molecule has 1 saturated heterocycles. The molecule has 8 heteroatoms. The number of amidine groups is 1. The van der Waals surface area contributed by atoms with E-state index < -0.39 is 6.04 Å². The fourth-order valence-corrected chi connectivity index (χ4v) is 4.07. The molecule has 1 N–H and O–H groups in total. The number of anilines is 1. The van der Waals surface area contributed by atoms with Crippen molar-refractivity contribution in [2.75, 3.05) is 25.8 Å². The van der Waals surface area contributed by atoms with E-state index in [1.807, 2.05) is 48.5 Å². The zero-order valence-corrected chi connectivity index (χ0v) is 17.9. The lowest BCUT2D eigenvalue weighted by molar-refractivity contribution is -0.125. The molecule has 0 saturated carbocycles. The second-order valence-electron chi connectivity index (χ2n) is 7.54. The third-order valence-corrected chi connectivity index (χ3v) is 5.64. The molecule has 0 aromatic heterocycles. The highest BCUT2D eigenvalue weighted by molar-refractivity contribution is 6.39. The molecule has 31 heavy (non-hydrogen) atoms. The average molecular weight is 422 g/mol. The van der Waals surface area contributed by atoms with Gasteiger partial charge in [-0.1, -0.05) is 18.2 Å². The third-order valence-electron chi connectivity index (χ3n) is 5.64. The molecule has 2 aliphatic heterocycles. The van der Waals surface area contributed by atoms with Gasteiger partial charge >= 0.3 is 0 Å². The van der Waals surface area contributed by atoms with Crippen LogP contribution in [0, 0.1) is 0 Å². The lowest BCUT2D eigenvalue weighted by Crippen LogP contribution is -2.58. The van der Waals surface area contributed by atoms with Crippen LogP contribution in [0.3, 0.4) is 0 Å². The van der Waals surface area contributed by atoms with E-state index in [2.05, 4.69) is 10.4 Å². The number of benzene rings is 2. The summed E-state index contributed by atoms with van der Waals surface area (Å²) in [5, 5.41) is 1.39. The number of hydrazine groups is 1. The molecule has 0 radical (unpaired) electrons. The van der Waals surface area contributed by atoms with Crippen LogP contribution < -0.4 is 19.9 Å². The Hall–Kier alpha value is -3.55. The van der Waals surface area contributed by atoms with Gasteiger partial charge in [0.1, 0.15) is 17.5 Å². The van der Waals surface area contributed by atoms with E-state index in [0.717, 1.165) is 18.4 Å². The van der Waals surface area contributed by atoms with Gasteiger partial charge in [-0.2, -0.15) is 0 Å². The highest BCUT2D eigenvalue weighted by Crippen LogP contribution is 2.39. The number of hydrogen-bond acceptors (Lipinski definition) is 6. The average Bonchev–Trinajstić information content (AvgIpc) is 3.30. The van der Waals surface area contributed by atoms with E-state index in [1.165, 1.54) is 5.01 Å². The van der Waals surface area contributed by atoms with E-state index in [1.54, 1.807) is 26.0 Å². The molecule has 2 atom stereocenters. The minimum absolute atomic E-state index is 0.157. The normalized spacial score (nSPS) is 20.9. The SMILES string of the molecule is COc1ccc(OC)c([C@H]2CCCN2C(=O)C2=N[C@@H](C)C(=O)N(c3ccccc3)N2)c1. The van der Waals surface area contributed by atoms with E-state index in [-0.39, 0.29) is 23.7 Å². The van der Waals surface area contributed by atoms with E-state index in [9.17, 15) is 9.59 Å². The first kappa shape index (κ1) is 20.7. The Labute approximate surface area is 181 Å². The molecule has 2 heterocycles. The van der Waals surface area contributed by atoms with Gasteiger partial charge in [0.05, 0.1) is 25.9 Å². The van der Waals surface area contributed by atoms with Crippen LogP contribution >= 0.6 is 0 Å². The van der Waals surface area contributed by atoms with Crippen LogP contribution in [0.15, 0.2) is 53.5 Å². The van der Waals surface area contributed by atoms with Gasteiger partial charge in [0.15, 0.2) is 0 Å². The lowest BCUT2D eigenvalue weighted by atomic mass is 10.0. The summed E-state index contributed by atoms with van der Waals surface area (Å²) >= 11 is 0. The Morgan fingerprint density at radius 2 is 1.90 bits per heavy atom. The summed E-state index contributed by atoms with van der Waals surface area (Å²) < 4.78 is 10.9. The van der Waals surface area contributed by atoms with Crippen LogP contribution in [0.1, 0.15) is 31.4 Å². The quantitative estimate of drug-likeness (QED) is 0.801. The van der Waals surface area contributed by atoms with Crippen LogP contribution in [-0.2, 0) is 9.59 Å². The summed E-state index contributed by atoms with van der Waals surface area (Å²) in [6, 6.07) is 13.9. The summed E-state index contributed by atoms with van der Waals surface area (Å²) in [4.78, 5) is 32.3. The number of nitrogens with zero attached hydrogens (tertiary/aromatic N) is 3. The minimum atomic E-state index is -0.659. The summed E-state index contributed by atoms with van der Waals surface area (Å²) in [5.41, 5.74) is 4.49. The zero-order valence-electron chi connectivity index (χ0n) is 17.9. The maximum absolute atomic E-state index is 13.5. The topological polar surface area (TPSA) is 83.5 Å². The van der Waals surface area contributed by atoms with Crippen molar-refractivity contribution < 1.29 is 19.1 Å². The van der Waals surface area contributed by atoms with E-state index in [4.69, 9.17) is 9.47 Å². The van der Waals surface area contributed by atoms with E-state index >= 15 is 0 Å². The number of aliphatic imine (C=N–C) groups is 1. The Bertz CT molecular complexity index is 1010. The summed E-state index contributed by atoms with van der Waals surface area (Å²) in [6.45, 7) is 2.29.